The summed E-state index contributed by atoms with van der Waals surface area (Å²) in [4.78, 5) is 23.4. The van der Waals surface area contributed by atoms with E-state index in [1.807, 2.05) is 60.7 Å². The van der Waals surface area contributed by atoms with Gasteiger partial charge in [-0.05, 0) is 18.2 Å². The van der Waals surface area contributed by atoms with Crippen molar-refractivity contribution in [3.63, 3.8) is 0 Å². The van der Waals surface area contributed by atoms with Gasteiger partial charge >= 0.3 is 0 Å². The predicted molar refractivity (Wildman–Crippen MR) is 115 cm³/mol. The van der Waals surface area contributed by atoms with Crippen molar-refractivity contribution in [3.05, 3.63) is 106 Å². The number of nitro groups is 1. The number of carbonyl (C=O) groups excluding carboxylic acids is 1. The molecule has 154 valence electrons. The average molecular weight is 414 g/mol. The first-order valence-corrected chi connectivity index (χ1v) is 9.48. The highest BCUT2D eigenvalue weighted by Gasteiger charge is 2.19. The van der Waals surface area contributed by atoms with Gasteiger partial charge in [0.25, 0.3) is 11.6 Å². The number of para-hydroxylation sites is 1. The van der Waals surface area contributed by atoms with Crippen LogP contribution in [0.4, 0.5) is 5.69 Å². The molecule has 0 fully saturated rings. The number of aromatic hydroxyl groups is 1. The lowest BCUT2D eigenvalue weighted by atomic mass is 10.1. The normalized spacial score (nSPS) is 10.6. The van der Waals surface area contributed by atoms with Gasteiger partial charge < -0.3 is 10.4 Å². The Kier molecular flexibility index (Phi) is 5.44. The second kappa shape index (κ2) is 8.50. The standard InChI is InChI=1S/C23H18N4O4/c28-21-12-11-19(27(30)31)13-17(21)14-24-23(29)20-15-26(18-9-5-2-6-10-18)25-22(20)16-7-3-1-4-8-16/h1-13,15,28H,14H2,(H,24,29). The third-order valence-electron chi connectivity index (χ3n) is 4.74. The summed E-state index contributed by atoms with van der Waals surface area (Å²) in [6.45, 7) is -0.0723. The molecule has 0 spiro atoms. The number of carbonyl (C=O) groups is 1. The zero-order valence-corrected chi connectivity index (χ0v) is 16.3. The minimum absolute atomic E-state index is 0.0723. The number of nitro benzene ring substituents is 1. The third kappa shape index (κ3) is 4.27. The van der Waals surface area contributed by atoms with Crippen LogP contribution in [0.2, 0.25) is 0 Å². The number of hydrogen-bond acceptors (Lipinski definition) is 5. The number of phenolic OH excluding ortho intramolecular Hbond substituents is 1. The molecule has 0 saturated heterocycles. The molecule has 1 heterocycles. The topological polar surface area (TPSA) is 110 Å². The van der Waals surface area contributed by atoms with E-state index in [4.69, 9.17) is 0 Å². The number of phenols is 1. The van der Waals surface area contributed by atoms with Crippen LogP contribution < -0.4 is 5.32 Å². The molecule has 8 heteroatoms. The Hall–Kier alpha value is -4.46. The number of benzene rings is 3. The molecular formula is C23H18N4O4. The van der Waals surface area contributed by atoms with Crippen molar-refractivity contribution in [1.82, 2.24) is 15.1 Å². The van der Waals surface area contributed by atoms with E-state index < -0.39 is 10.8 Å². The Balaban J connectivity index is 1.65. The number of hydrogen-bond donors (Lipinski definition) is 2. The van der Waals surface area contributed by atoms with Crippen molar-refractivity contribution in [1.29, 1.82) is 0 Å². The maximum Gasteiger partial charge on any atom is 0.270 e. The largest absolute Gasteiger partial charge is 0.508 e. The summed E-state index contributed by atoms with van der Waals surface area (Å²) in [7, 11) is 0. The molecule has 0 aliphatic heterocycles. The molecule has 4 rings (SSSR count). The lowest BCUT2D eigenvalue weighted by Crippen LogP contribution is -2.23. The molecule has 0 aliphatic rings. The van der Waals surface area contributed by atoms with E-state index in [2.05, 4.69) is 10.4 Å². The van der Waals surface area contributed by atoms with Gasteiger partial charge in [-0.25, -0.2) is 4.68 Å². The minimum Gasteiger partial charge on any atom is -0.508 e. The lowest BCUT2D eigenvalue weighted by molar-refractivity contribution is -0.384. The van der Waals surface area contributed by atoms with Gasteiger partial charge in [0, 0.05) is 36.0 Å². The summed E-state index contributed by atoms with van der Waals surface area (Å²) < 4.78 is 1.63. The van der Waals surface area contributed by atoms with Gasteiger partial charge in [-0.3, -0.25) is 14.9 Å². The van der Waals surface area contributed by atoms with Crippen LogP contribution in [0.15, 0.2) is 85.1 Å². The molecule has 1 amide bonds. The number of aromatic nitrogens is 2. The van der Waals surface area contributed by atoms with Crippen LogP contribution in [-0.4, -0.2) is 25.7 Å². The summed E-state index contributed by atoms with van der Waals surface area (Å²) in [6, 6.07) is 22.4. The minimum atomic E-state index is -0.553. The van der Waals surface area contributed by atoms with Gasteiger partial charge in [-0.1, -0.05) is 48.5 Å². The molecule has 0 saturated carbocycles. The van der Waals surface area contributed by atoms with E-state index in [-0.39, 0.29) is 23.5 Å². The van der Waals surface area contributed by atoms with Crippen molar-refractivity contribution in [2.24, 2.45) is 0 Å². The van der Waals surface area contributed by atoms with Gasteiger partial charge in [-0.15, -0.1) is 0 Å². The zero-order valence-electron chi connectivity index (χ0n) is 16.3. The Morgan fingerprint density at radius 3 is 2.39 bits per heavy atom. The molecule has 8 nitrogen and oxygen atoms in total. The number of non-ortho nitro benzene ring substituents is 1. The Bertz CT molecular complexity index is 1240. The van der Waals surface area contributed by atoms with Crippen LogP contribution in [-0.2, 0) is 6.54 Å². The molecule has 2 N–H and O–H groups in total. The van der Waals surface area contributed by atoms with Crippen LogP contribution in [0.3, 0.4) is 0 Å². The van der Waals surface area contributed by atoms with E-state index in [0.717, 1.165) is 11.3 Å². The number of nitrogens with one attached hydrogen (secondary N) is 1. The maximum atomic E-state index is 13.0. The Labute approximate surface area is 177 Å². The summed E-state index contributed by atoms with van der Waals surface area (Å²) in [5.41, 5.74) is 2.52. The molecule has 0 unspecified atom stereocenters. The highest BCUT2D eigenvalue weighted by Crippen LogP contribution is 2.25. The van der Waals surface area contributed by atoms with E-state index in [1.54, 1.807) is 10.9 Å². The molecule has 3 aromatic carbocycles. The van der Waals surface area contributed by atoms with E-state index in [9.17, 15) is 20.0 Å². The summed E-state index contributed by atoms with van der Waals surface area (Å²) in [5, 5.41) is 28.3. The molecule has 31 heavy (non-hydrogen) atoms. The van der Waals surface area contributed by atoms with Crippen molar-refractivity contribution in [2.45, 2.75) is 6.54 Å². The van der Waals surface area contributed by atoms with Crippen LogP contribution in [0.5, 0.6) is 5.75 Å². The van der Waals surface area contributed by atoms with Crippen molar-refractivity contribution in [3.8, 4) is 22.7 Å². The highest BCUT2D eigenvalue weighted by atomic mass is 16.6. The molecule has 0 atom stereocenters. The summed E-state index contributed by atoms with van der Waals surface area (Å²) >= 11 is 0. The Morgan fingerprint density at radius 2 is 1.71 bits per heavy atom. The fraction of sp³-hybridized carbons (Fsp3) is 0.0435. The smallest absolute Gasteiger partial charge is 0.270 e. The van der Waals surface area contributed by atoms with Crippen LogP contribution in [0.1, 0.15) is 15.9 Å². The fourth-order valence-electron chi connectivity index (χ4n) is 3.16. The van der Waals surface area contributed by atoms with Gasteiger partial charge in [0.15, 0.2) is 0 Å². The predicted octanol–water partition coefficient (Wildman–Crippen LogP) is 4.08. The fourth-order valence-corrected chi connectivity index (χ4v) is 3.16. The molecule has 1 aromatic heterocycles. The van der Waals surface area contributed by atoms with Gasteiger partial charge in [0.2, 0.25) is 0 Å². The molecule has 4 aromatic rings. The molecule has 0 bridgehead atoms. The van der Waals surface area contributed by atoms with E-state index in [0.29, 0.717) is 11.3 Å². The van der Waals surface area contributed by atoms with Gasteiger partial charge in [-0.2, -0.15) is 5.10 Å². The Morgan fingerprint density at radius 1 is 1.03 bits per heavy atom. The van der Waals surface area contributed by atoms with Crippen molar-refractivity contribution in [2.75, 3.05) is 0 Å². The SMILES string of the molecule is O=C(NCc1cc([N+](=O)[O-])ccc1O)c1cn(-c2ccccc2)nc1-c1ccccc1. The van der Waals surface area contributed by atoms with Crippen LogP contribution in [0, 0.1) is 10.1 Å². The van der Waals surface area contributed by atoms with Crippen molar-refractivity contribution >= 4 is 11.6 Å². The van der Waals surface area contributed by atoms with Crippen molar-refractivity contribution < 1.29 is 14.8 Å². The first kappa shape index (κ1) is 19.8. The zero-order chi connectivity index (χ0) is 21.8. The maximum absolute atomic E-state index is 13.0. The van der Waals surface area contributed by atoms with E-state index in [1.165, 1.54) is 18.2 Å². The number of amides is 1. The third-order valence-corrected chi connectivity index (χ3v) is 4.74. The average Bonchev–Trinajstić information content (AvgIpc) is 3.25. The number of rotatable bonds is 6. The first-order valence-electron chi connectivity index (χ1n) is 9.48. The molecule has 0 aliphatic carbocycles. The van der Waals surface area contributed by atoms with Gasteiger partial charge in [0.1, 0.15) is 11.4 Å². The lowest BCUT2D eigenvalue weighted by Gasteiger charge is -2.07. The summed E-state index contributed by atoms with van der Waals surface area (Å²) in [5.74, 6) is -0.541. The quantitative estimate of drug-likeness (QED) is 0.365. The van der Waals surface area contributed by atoms with Gasteiger partial charge in [0.05, 0.1) is 16.2 Å². The van der Waals surface area contributed by atoms with Crippen LogP contribution in [0.25, 0.3) is 16.9 Å². The van der Waals surface area contributed by atoms with E-state index >= 15 is 0 Å². The first-order chi connectivity index (χ1) is 15.0. The summed E-state index contributed by atoms with van der Waals surface area (Å²) in [6.07, 6.45) is 1.64. The highest BCUT2D eigenvalue weighted by molar-refractivity contribution is 5.99. The molecule has 0 radical (unpaired) electrons. The second-order valence-electron chi connectivity index (χ2n) is 6.79. The number of nitrogens with zero attached hydrogens (tertiary/aromatic N) is 3. The second-order valence-corrected chi connectivity index (χ2v) is 6.79. The van der Waals surface area contributed by atoms with Crippen LogP contribution >= 0.6 is 0 Å². The molecular weight excluding hydrogens is 396 g/mol. The monoisotopic (exact) mass is 414 g/mol.